The first-order chi connectivity index (χ1) is 14.1. The lowest BCUT2D eigenvalue weighted by atomic mass is 10.3. The van der Waals surface area contributed by atoms with Gasteiger partial charge >= 0.3 is 0 Å². The van der Waals surface area contributed by atoms with Crippen molar-refractivity contribution in [2.75, 3.05) is 12.0 Å². The van der Waals surface area contributed by atoms with Crippen molar-refractivity contribution in [2.45, 2.75) is 26.4 Å². The van der Waals surface area contributed by atoms with Crippen LogP contribution in [0, 0.1) is 0 Å². The minimum Gasteiger partial charge on any atom is -0.494 e. The smallest absolute Gasteiger partial charge is 0.280 e. The van der Waals surface area contributed by atoms with E-state index in [2.05, 4.69) is 10.1 Å². The molecule has 4 rings (SSSR count). The molecule has 4 aromatic rings. The first kappa shape index (κ1) is 19.1. The predicted molar refractivity (Wildman–Crippen MR) is 114 cm³/mol. The molecule has 0 aliphatic heterocycles. The van der Waals surface area contributed by atoms with Crippen molar-refractivity contribution < 1.29 is 9.53 Å². The summed E-state index contributed by atoms with van der Waals surface area (Å²) in [6, 6.07) is 13.3. The zero-order chi connectivity index (χ0) is 20.4. The molecule has 8 heteroatoms. The van der Waals surface area contributed by atoms with Gasteiger partial charge in [-0.3, -0.25) is 19.4 Å². The lowest BCUT2D eigenvalue weighted by molar-refractivity contribution is 0.0979. The summed E-state index contributed by atoms with van der Waals surface area (Å²) < 4.78 is 8.15. The second-order valence-corrected chi connectivity index (χ2v) is 7.80. The van der Waals surface area contributed by atoms with Gasteiger partial charge in [-0.1, -0.05) is 23.5 Å². The maximum absolute atomic E-state index is 13.4. The van der Waals surface area contributed by atoms with Crippen molar-refractivity contribution in [3.63, 3.8) is 0 Å². The van der Waals surface area contributed by atoms with Crippen molar-refractivity contribution in [2.24, 2.45) is 0 Å². The van der Waals surface area contributed by atoms with Crippen molar-refractivity contribution >= 4 is 32.6 Å². The molecule has 1 amide bonds. The first-order valence-corrected chi connectivity index (χ1v) is 10.1. The van der Waals surface area contributed by atoms with E-state index in [0.717, 1.165) is 15.9 Å². The molecule has 1 aromatic carbocycles. The predicted octanol–water partition coefficient (Wildman–Crippen LogP) is 4.32. The summed E-state index contributed by atoms with van der Waals surface area (Å²) in [7, 11) is 1.61. The third-order valence-corrected chi connectivity index (χ3v) is 5.51. The second kappa shape index (κ2) is 8.00. The van der Waals surface area contributed by atoms with Crippen molar-refractivity contribution in [3.05, 3.63) is 66.2 Å². The van der Waals surface area contributed by atoms with Gasteiger partial charge in [-0.15, -0.1) is 0 Å². The number of carbonyl (C=O) groups excluding carboxylic acids is 1. The van der Waals surface area contributed by atoms with E-state index in [0.29, 0.717) is 23.1 Å². The Kier molecular flexibility index (Phi) is 5.26. The molecule has 0 atom stereocenters. The highest BCUT2D eigenvalue weighted by atomic mass is 32.1. The van der Waals surface area contributed by atoms with Crippen LogP contribution in [0.2, 0.25) is 0 Å². The number of aromatic nitrogens is 4. The number of rotatable bonds is 6. The van der Waals surface area contributed by atoms with Crippen LogP contribution in [0.4, 0.5) is 5.13 Å². The second-order valence-electron chi connectivity index (χ2n) is 6.79. The molecule has 0 spiro atoms. The number of hydrogen-bond acceptors (Lipinski definition) is 6. The number of anilines is 1. The van der Waals surface area contributed by atoms with E-state index in [1.807, 2.05) is 56.4 Å². The molecular weight excluding hydrogens is 386 g/mol. The minimum absolute atomic E-state index is 0.174. The van der Waals surface area contributed by atoms with E-state index < -0.39 is 0 Å². The third kappa shape index (κ3) is 3.84. The van der Waals surface area contributed by atoms with Crippen LogP contribution < -0.4 is 9.64 Å². The average molecular weight is 407 g/mol. The SMILES string of the molecule is COc1cccc2sc(N(Cc3ccccn3)C(=O)c3ccn(C(C)C)n3)nc12. The van der Waals surface area contributed by atoms with Gasteiger partial charge < -0.3 is 4.74 Å². The summed E-state index contributed by atoms with van der Waals surface area (Å²) in [6.45, 7) is 4.34. The molecule has 29 heavy (non-hydrogen) atoms. The normalized spacial score (nSPS) is 11.2. The van der Waals surface area contributed by atoms with Gasteiger partial charge in [0.05, 0.1) is 24.0 Å². The van der Waals surface area contributed by atoms with Gasteiger partial charge in [0.1, 0.15) is 11.3 Å². The summed E-state index contributed by atoms with van der Waals surface area (Å²) in [4.78, 5) is 24.1. The number of ether oxygens (including phenoxy) is 1. The molecule has 3 heterocycles. The Bertz CT molecular complexity index is 1140. The molecular formula is C21H21N5O2S. The van der Waals surface area contributed by atoms with Crippen molar-refractivity contribution in [3.8, 4) is 5.75 Å². The van der Waals surface area contributed by atoms with Gasteiger partial charge in [-0.05, 0) is 44.2 Å². The molecule has 148 valence electrons. The van der Waals surface area contributed by atoms with Gasteiger partial charge in [0.2, 0.25) is 0 Å². The van der Waals surface area contributed by atoms with E-state index in [1.54, 1.807) is 29.0 Å². The molecule has 0 bridgehead atoms. The number of pyridine rings is 1. The summed E-state index contributed by atoms with van der Waals surface area (Å²) in [5, 5.41) is 5.03. The molecule has 0 aliphatic rings. The largest absolute Gasteiger partial charge is 0.494 e. The number of methoxy groups -OCH3 is 1. The minimum atomic E-state index is -0.215. The number of fused-ring (bicyclic) bond motifs is 1. The molecule has 7 nitrogen and oxygen atoms in total. The molecule has 0 saturated carbocycles. The van der Waals surface area contributed by atoms with Gasteiger partial charge in [0.15, 0.2) is 10.8 Å². The average Bonchev–Trinajstić information content (AvgIpc) is 3.39. The zero-order valence-electron chi connectivity index (χ0n) is 16.4. The van der Waals surface area contributed by atoms with Crippen molar-refractivity contribution in [1.29, 1.82) is 0 Å². The van der Waals surface area contributed by atoms with E-state index in [4.69, 9.17) is 9.72 Å². The van der Waals surface area contributed by atoms with Crippen LogP contribution in [0.5, 0.6) is 5.75 Å². The van der Waals surface area contributed by atoms with Crippen LogP contribution in [-0.4, -0.2) is 32.8 Å². The Balaban J connectivity index is 1.76. The maximum atomic E-state index is 13.4. The van der Waals surface area contributed by atoms with Gasteiger partial charge in [0.25, 0.3) is 5.91 Å². The van der Waals surface area contributed by atoms with Crippen LogP contribution in [0.25, 0.3) is 10.2 Å². The zero-order valence-corrected chi connectivity index (χ0v) is 17.3. The summed E-state index contributed by atoms with van der Waals surface area (Å²) in [5.74, 6) is 0.465. The lowest BCUT2D eigenvalue weighted by Crippen LogP contribution is -2.31. The summed E-state index contributed by atoms with van der Waals surface area (Å²) >= 11 is 1.44. The number of benzene rings is 1. The fourth-order valence-electron chi connectivity index (χ4n) is 2.95. The third-order valence-electron chi connectivity index (χ3n) is 4.47. The maximum Gasteiger partial charge on any atom is 0.280 e. The molecule has 0 unspecified atom stereocenters. The fraction of sp³-hybridized carbons (Fsp3) is 0.238. The highest BCUT2D eigenvalue weighted by molar-refractivity contribution is 7.22. The van der Waals surface area contributed by atoms with Crippen LogP contribution in [0.15, 0.2) is 54.9 Å². The van der Waals surface area contributed by atoms with Crippen LogP contribution in [-0.2, 0) is 6.54 Å². The van der Waals surface area contributed by atoms with Gasteiger partial charge in [-0.25, -0.2) is 4.98 Å². The number of amides is 1. The van der Waals surface area contributed by atoms with E-state index in [9.17, 15) is 4.79 Å². The fourth-order valence-corrected chi connectivity index (χ4v) is 3.93. The first-order valence-electron chi connectivity index (χ1n) is 9.27. The Hall–Kier alpha value is -3.26. The van der Waals surface area contributed by atoms with Crippen LogP contribution in [0.1, 0.15) is 36.1 Å². The van der Waals surface area contributed by atoms with Crippen LogP contribution in [0.3, 0.4) is 0 Å². The number of thiazole rings is 1. The molecule has 0 aliphatic carbocycles. The van der Waals surface area contributed by atoms with E-state index in [-0.39, 0.29) is 11.9 Å². The summed E-state index contributed by atoms with van der Waals surface area (Å²) in [6.07, 6.45) is 3.53. The highest BCUT2D eigenvalue weighted by Crippen LogP contribution is 2.35. The number of para-hydroxylation sites is 1. The number of nitrogens with zero attached hydrogens (tertiary/aromatic N) is 5. The number of carbonyl (C=O) groups is 1. The Labute approximate surface area is 172 Å². The highest BCUT2D eigenvalue weighted by Gasteiger charge is 2.25. The molecule has 0 radical (unpaired) electrons. The van der Waals surface area contributed by atoms with Gasteiger partial charge in [-0.2, -0.15) is 5.10 Å². The quantitative estimate of drug-likeness (QED) is 0.476. The van der Waals surface area contributed by atoms with E-state index in [1.165, 1.54) is 11.3 Å². The van der Waals surface area contributed by atoms with Crippen molar-refractivity contribution in [1.82, 2.24) is 19.7 Å². The molecule has 3 aromatic heterocycles. The Morgan fingerprint density at radius 3 is 2.76 bits per heavy atom. The Morgan fingerprint density at radius 2 is 2.07 bits per heavy atom. The molecule has 0 N–H and O–H groups in total. The monoisotopic (exact) mass is 407 g/mol. The van der Waals surface area contributed by atoms with E-state index >= 15 is 0 Å². The molecule has 0 saturated heterocycles. The number of hydrogen-bond donors (Lipinski definition) is 0. The Morgan fingerprint density at radius 1 is 1.21 bits per heavy atom. The van der Waals surface area contributed by atoms with Gasteiger partial charge in [0, 0.05) is 18.4 Å². The molecule has 0 fully saturated rings. The topological polar surface area (TPSA) is 73.1 Å². The van der Waals surface area contributed by atoms with Crippen LogP contribution >= 0.6 is 11.3 Å². The summed E-state index contributed by atoms with van der Waals surface area (Å²) in [5.41, 5.74) is 1.89. The standard InChI is InChI=1S/C21H21N5O2S/c1-14(2)26-12-10-16(24-26)20(27)25(13-15-7-4-5-11-22-15)21-23-19-17(28-3)8-6-9-18(19)29-21/h4-12,14H,13H2,1-3H3. The lowest BCUT2D eigenvalue weighted by Gasteiger charge is -2.18.